The average molecular weight is 340 g/mol. The van der Waals surface area contributed by atoms with Crippen LogP contribution in [0.3, 0.4) is 0 Å². The van der Waals surface area contributed by atoms with E-state index in [1.165, 1.54) is 0 Å². The third-order valence-electron chi connectivity index (χ3n) is 3.81. The van der Waals surface area contributed by atoms with Gasteiger partial charge in [-0.1, -0.05) is 54.1 Å². The van der Waals surface area contributed by atoms with Gasteiger partial charge >= 0.3 is 0 Å². The van der Waals surface area contributed by atoms with Gasteiger partial charge in [0.15, 0.2) is 0 Å². The number of rotatable bonds is 5. The minimum absolute atomic E-state index is 0.0675. The normalized spacial score (nSPS) is 10.6. The van der Waals surface area contributed by atoms with Gasteiger partial charge in [0.1, 0.15) is 5.69 Å². The van der Waals surface area contributed by atoms with Crippen molar-refractivity contribution in [3.05, 3.63) is 76.9 Å². The van der Waals surface area contributed by atoms with Gasteiger partial charge in [-0.25, -0.2) is 0 Å². The molecular weight excluding hydrogens is 322 g/mol. The van der Waals surface area contributed by atoms with Crippen molar-refractivity contribution < 1.29 is 4.79 Å². The molecule has 0 aliphatic rings. The predicted molar refractivity (Wildman–Crippen MR) is 95.9 cm³/mol. The van der Waals surface area contributed by atoms with Gasteiger partial charge in [-0.15, -0.1) is 0 Å². The fraction of sp³-hybridized carbons (Fsp3) is 0.158. The summed E-state index contributed by atoms with van der Waals surface area (Å²) in [6, 6.07) is 19.1. The standard InChI is InChI=1S/C19H18ClN3O/c1-2-23(13-14-7-4-3-5-8-14)19(24)18-12-17(21-22-18)15-9-6-10-16(20)11-15/h3-12H,2,13H2,1H3,(H,21,22). The first kappa shape index (κ1) is 16.3. The molecule has 0 spiro atoms. The fourth-order valence-electron chi connectivity index (χ4n) is 2.53. The molecule has 2 aromatic carbocycles. The summed E-state index contributed by atoms with van der Waals surface area (Å²) < 4.78 is 0. The monoisotopic (exact) mass is 339 g/mol. The number of hydrogen-bond acceptors (Lipinski definition) is 2. The molecule has 1 N–H and O–H groups in total. The van der Waals surface area contributed by atoms with Gasteiger partial charge in [0.05, 0.1) is 5.69 Å². The van der Waals surface area contributed by atoms with E-state index >= 15 is 0 Å². The highest BCUT2D eigenvalue weighted by Crippen LogP contribution is 2.22. The maximum absolute atomic E-state index is 12.7. The lowest BCUT2D eigenvalue weighted by atomic mass is 10.1. The second kappa shape index (κ2) is 7.32. The lowest BCUT2D eigenvalue weighted by Crippen LogP contribution is -2.30. The highest BCUT2D eigenvalue weighted by Gasteiger charge is 2.17. The second-order valence-corrected chi connectivity index (χ2v) is 5.92. The van der Waals surface area contributed by atoms with Gasteiger partial charge in [0.25, 0.3) is 5.91 Å². The summed E-state index contributed by atoms with van der Waals surface area (Å²) in [6.45, 7) is 3.16. The maximum Gasteiger partial charge on any atom is 0.272 e. The molecule has 0 saturated carbocycles. The van der Waals surface area contributed by atoms with Crippen LogP contribution in [0.4, 0.5) is 0 Å². The number of nitrogens with one attached hydrogen (secondary N) is 1. The predicted octanol–water partition coefficient (Wildman–Crippen LogP) is 4.39. The van der Waals surface area contributed by atoms with Crippen molar-refractivity contribution in [2.24, 2.45) is 0 Å². The van der Waals surface area contributed by atoms with Crippen LogP contribution >= 0.6 is 11.6 Å². The van der Waals surface area contributed by atoms with E-state index in [1.807, 2.05) is 61.5 Å². The van der Waals surface area contributed by atoms with E-state index < -0.39 is 0 Å². The molecule has 1 amide bonds. The zero-order chi connectivity index (χ0) is 16.9. The van der Waals surface area contributed by atoms with Gasteiger partial charge < -0.3 is 4.90 Å². The molecular formula is C19H18ClN3O. The molecule has 4 nitrogen and oxygen atoms in total. The van der Waals surface area contributed by atoms with Crippen LogP contribution in [0.1, 0.15) is 23.0 Å². The zero-order valence-corrected chi connectivity index (χ0v) is 14.1. The number of hydrogen-bond donors (Lipinski definition) is 1. The summed E-state index contributed by atoms with van der Waals surface area (Å²) in [5.74, 6) is -0.0675. The summed E-state index contributed by atoms with van der Waals surface area (Å²) >= 11 is 6.01. The summed E-state index contributed by atoms with van der Waals surface area (Å²) in [6.07, 6.45) is 0. The van der Waals surface area contributed by atoms with Gasteiger partial charge in [0, 0.05) is 23.7 Å². The van der Waals surface area contributed by atoms with Crippen LogP contribution in [0.2, 0.25) is 5.02 Å². The molecule has 3 aromatic rings. The second-order valence-electron chi connectivity index (χ2n) is 5.48. The topological polar surface area (TPSA) is 49.0 Å². The highest BCUT2D eigenvalue weighted by atomic mass is 35.5. The van der Waals surface area contributed by atoms with E-state index in [2.05, 4.69) is 10.2 Å². The van der Waals surface area contributed by atoms with Crippen molar-refractivity contribution in [2.75, 3.05) is 6.54 Å². The van der Waals surface area contributed by atoms with E-state index in [0.717, 1.165) is 11.1 Å². The molecule has 0 atom stereocenters. The lowest BCUT2D eigenvalue weighted by Gasteiger charge is -2.20. The maximum atomic E-state index is 12.7. The van der Waals surface area contributed by atoms with Crippen molar-refractivity contribution in [3.8, 4) is 11.3 Å². The summed E-state index contributed by atoms with van der Waals surface area (Å²) in [7, 11) is 0. The number of halogens is 1. The van der Waals surface area contributed by atoms with Crippen molar-refractivity contribution in [1.29, 1.82) is 0 Å². The third-order valence-corrected chi connectivity index (χ3v) is 4.05. The Bertz CT molecular complexity index is 829. The Balaban J connectivity index is 1.79. The number of aromatic amines is 1. The van der Waals surface area contributed by atoms with Crippen LogP contribution < -0.4 is 0 Å². The first-order chi connectivity index (χ1) is 11.7. The van der Waals surface area contributed by atoms with E-state index in [-0.39, 0.29) is 5.91 Å². The van der Waals surface area contributed by atoms with Crippen LogP contribution in [0, 0.1) is 0 Å². The SMILES string of the molecule is CCN(Cc1ccccc1)C(=O)c1cc(-c2cccc(Cl)c2)n[nH]1. The third kappa shape index (κ3) is 3.66. The van der Waals surface area contributed by atoms with E-state index in [1.54, 1.807) is 11.0 Å². The largest absolute Gasteiger partial charge is 0.333 e. The Morgan fingerprint density at radius 1 is 1.12 bits per heavy atom. The Kier molecular flexibility index (Phi) is 4.96. The molecule has 5 heteroatoms. The van der Waals surface area contributed by atoms with Crippen LogP contribution in [-0.2, 0) is 6.54 Å². The Labute approximate surface area is 146 Å². The van der Waals surface area contributed by atoms with Crippen LogP contribution in [0.15, 0.2) is 60.7 Å². The number of aromatic nitrogens is 2. The number of amides is 1. The molecule has 0 bridgehead atoms. The van der Waals surface area contributed by atoms with Crippen molar-refractivity contribution >= 4 is 17.5 Å². The molecule has 24 heavy (non-hydrogen) atoms. The fourth-order valence-corrected chi connectivity index (χ4v) is 2.72. The number of H-pyrrole nitrogens is 1. The molecule has 1 heterocycles. The number of carbonyl (C=O) groups excluding carboxylic acids is 1. The quantitative estimate of drug-likeness (QED) is 0.749. The van der Waals surface area contributed by atoms with Crippen LogP contribution in [0.25, 0.3) is 11.3 Å². The summed E-state index contributed by atoms with van der Waals surface area (Å²) in [5.41, 5.74) is 3.16. The van der Waals surface area contributed by atoms with Crippen molar-refractivity contribution in [2.45, 2.75) is 13.5 Å². The molecule has 3 rings (SSSR count). The highest BCUT2D eigenvalue weighted by molar-refractivity contribution is 6.30. The minimum atomic E-state index is -0.0675. The molecule has 0 unspecified atom stereocenters. The Morgan fingerprint density at radius 2 is 1.92 bits per heavy atom. The molecule has 0 fully saturated rings. The van der Waals surface area contributed by atoms with E-state index in [9.17, 15) is 4.79 Å². The van der Waals surface area contributed by atoms with Gasteiger partial charge in [0.2, 0.25) is 0 Å². The van der Waals surface area contributed by atoms with E-state index in [0.29, 0.717) is 29.5 Å². The number of benzene rings is 2. The first-order valence-electron chi connectivity index (χ1n) is 7.82. The van der Waals surface area contributed by atoms with Gasteiger partial charge in [-0.05, 0) is 30.7 Å². The Morgan fingerprint density at radius 3 is 2.62 bits per heavy atom. The number of carbonyl (C=O) groups is 1. The van der Waals surface area contributed by atoms with Gasteiger partial charge in [-0.2, -0.15) is 5.10 Å². The molecule has 0 radical (unpaired) electrons. The van der Waals surface area contributed by atoms with Crippen molar-refractivity contribution in [1.82, 2.24) is 15.1 Å². The Hall–Kier alpha value is -2.59. The zero-order valence-electron chi connectivity index (χ0n) is 13.4. The number of nitrogens with zero attached hydrogens (tertiary/aromatic N) is 2. The smallest absolute Gasteiger partial charge is 0.272 e. The molecule has 122 valence electrons. The van der Waals surface area contributed by atoms with Crippen LogP contribution in [0.5, 0.6) is 0 Å². The molecule has 0 aliphatic heterocycles. The summed E-state index contributed by atoms with van der Waals surface area (Å²) in [5, 5.41) is 7.72. The van der Waals surface area contributed by atoms with Crippen molar-refractivity contribution in [3.63, 3.8) is 0 Å². The summed E-state index contributed by atoms with van der Waals surface area (Å²) in [4.78, 5) is 14.5. The average Bonchev–Trinajstić information content (AvgIpc) is 3.10. The molecule has 0 aliphatic carbocycles. The molecule has 1 aromatic heterocycles. The minimum Gasteiger partial charge on any atom is -0.333 e. The first-order valence-corrected chi connectivity index (χ1v) is 8.19. The molecule has 0 saturated heterocycles. The van der Waals surface area contributed by atoms with Crippen LogP contribution in [-0.4, -0.2) is 27.5 Å². The van der Waals surface area contributed by atoms with Gasteiger partial charge in [-0.3, -0.25) is 9.89 Å². The lowest BCUT2D eigenvalue weighted by molar-refractivity contribution is 0.0746. The van der Waals surface area contributed by atoms with E-state index in [4.69, 9.17) is 11.6 Å².